The van der Waals surface area contributed by atoms with Gasteiger partial charge in [0.25, 0.3) is 5.91 Å². The van der Waals surface area contributed by atoms with Crippen LogP contribution in [0.4, 0.5) is 0 Å². The SMILES string of the molecule is COc1ccccc1C(=O)N1CCNC(=O)C(Cc2cccc(-c3ccccc3)c2)C1. The molecule has 0 saturated carbocycles. The molecule has 0 radical (unpaired) electrons. The summed E-state index contributed by atoms with van der Waals surface area (Å²) in [4.78, 5) is 27.7. The first-order valence-electron chi connectivity index (χ1n) is 10.5. The van der Waals surface area contributed by atoms with Crippen molar-refractivity contribution >= 4 is 11.8 Å². The van der Waals surface area contributed by atoms with Gasteiger partial charge in [0.1, 0.15) is 5.75 Å². The van der Waals surface area contributed by atoms with Gasteiger partial charge in [0.05, 0.1) is 18.6 Å². The van der Waals surface area contributed by atoms with Crippen molar-refractivity contribution in [1.82, 2.24) is 10.2 Å². The zero-order valence-corrected chi connectivity index (χ0v) is 17.6. The Hall–Kier alpha value is -3.60. The summed E-state index contributed by atoms with van der Waals surface area (Å²) in [7, 11) is 1.56. The molecule has 1 saturated heterocycles. The third-order valence-electron chi connectivity index (χ3n) is 5.63. The van der Waals surface area contributed by atoms with Gasteiger partial charge < -0.3 is 15.0 Å². The molecular formula is C26H26N2O3. The van der Waals surface area contributed by atoms with Crippen molar-refractivity contribution in [2.24, 2.45) is 5.92 Å². The lowest BCUT2D eigenvalue weighted by Crippen LogP contribution is -2.37. The Morgan fingerprint density at radius 3 is 2.55 bits per heavy atom. The molecule has 1 aliphatic heterocycles. The number of nitrogens with zero attached hydrogens (tertiary/aromatic N) is 1. The number of para-hydroxylation sites is 1. The predicted molar refractivity (Wildman–Crippen MR) is 121 cm³/mol. The van der Waals surface area contributed by atoms with Crippen LogP contribution in [0.25, 0.3) is 11.1 Å². The Bertz CT molecular complexity index is 1070. The Morgan fingerprint density at radius 1 is 1.00 bits per heavy atom. The van der Waals surface area contributed by atoms with Gasteiger partial charge in [0.2, 0.25) is 5.91 Å². The van der Waals surface area contributed by atoms with Gasteiger partial charge in [-0.3, -0.25) is 9.59 Å². The smallest absolute Gasteiger partial charge is 0.257 e. The van der Waals surface area contributed by atoms with Crippen LogP contribution in [-0.2, 0) is 11.2 Å². The van der Waals surface area contributed by atoms with Gasteiger partial charge in [-0.2, -0.15) is 0 Å². The van der Waals surface area contributed by atoms with Crippen LogP contribution in [0, 0.1) is 5.92 Å². The van der Waals surface area contributed by atoms with E-state index in [1.54, 1.807) is 24.1 Å². The molecule has 5 nitrogen and oxygen atoms in total. The Morgan fingerprint density at radius 2 is 1.74 bits per heavy atom. The standard InChI is InChI=1S/C26H26N2O3/c1-31-24-13-6-5-12-23(24)26(30)28-15-14-27-25(29)22(18-28)17-19-8-7-11-21(16-19)20-9-3-2-4-10-20/h2-13,16,22H,14-15,17-18H2,1H3,(H,27,29). The van der Waals surface area contributed by atoms with Gasteiger partial charge in [0, 0.05) is 19.6 Å². The normalized spacial score (nSPS) is 16.4. The first-order chi connectivity index (χ1) is 15.2. The molecule has 0 aliphatic carbocycles. The van der Waals surface area contributed by atoms with Crippen LogP contribution in [0.3, 0.4) is 0 Å². The second-order valence-corrected chi connectivity index (χ2v) is 7.71. The molecule has 0 bridgehead atoms. The third-order valence-corrected chi connectivity index (χ3v) is 5.63. The highest BCUT2D eigenvalue weighted by Gasteiger charge is 2.29. The molecule has 5 heteroatoms. The number of hydrogen-bond acceptors (Lipinski definition) is 3. The Balaban J connectivity index is 1.54. The van der Waals surface area contributed by atoms with Gasteiger partial charge in [0.15, 0.2) is 0 Å². The molecule has 0 spiro atoms. The minimum Gasteiger partial charge on any atom is -0.496 e. The molecule has 0 aromatic heterocycles. The fraction of sp³-hybridized carbons (Fsp3) is 0.231. The van der Waals surface area contributed by atoms with Crippen molar-refractivity contribution in [3.8, 4) is 16.9 Å². The first kappa shape index (κ1) is 20.7. The molecule has 3 aromatic carbocycles. The molecule has 1 fully saturated rings. The average molecular weight is 415 g/mol. The van der Waals surface area contributed by atoms with E-state index in [4.69, 9.17) is 4.74 Å². The molecule has 1 unspecified atom stereocenters. The largest absolute Gasteiger partial charge is 0.496 e. The summed E-state index contributed by atoms with van der Waals surface area (Å²) >= 11 is 0. The summed E-state index contributed by atoms with van der Waals surface area (Å²) in [5.41, 5.74) is 3.86. The number of hydrogen-bond donors (Lipinski definition) is 1. The zero-order chi connectivity index (χ0) is 21.6. The van der Waals surface area contributed by atoms with Gasteiger partial charge in [-0.05, 0) is 35.2 Å². The van der Waals surface area contributed by atoms with Crippen LogP contribution in [0.1, 0.15) is 15.9 Å². The number of methoxy groups -OCH3 is 1. The first-order valence-corrected chi connectivity index (χ1v) is 10.5. The molecule has 2 amide bonds. The van der Waals surface area contributed by atoms with Gasteiger partial charge in [-0.15, -0.1) is 0 Å². The number of amides is 2. The summed E-state index contributed by atoms with van der Waals surface area (Å²) in [6.45, 7) is 1.29. The number of ether oxygens (including phenoxy) is 1. The second-order valence-electron chi connectivity index (χ2n) is 7.71. The van der Waals surface area contributed by atoms with E-state index in [-0.39, 0.29) is 17.7 Å². The van der Waals surface area contributed by atoms with Crippen LogP contribution < -0.4 is 10.1 Å². The van der Waals surface area contributed by atoms with Crippen LogP contribution in [0.15, 0.2) is 78.9 Å². The summed E-state index contributed by atoms with van der Waals surface area (Å²) < 4.78 is 5.36. The number of benzene rings is 3. The summed E-state index contributed by atoms with van der Waals surface area (Å²) in [5.74, 6) is 0.104. The highest BCUT2D eigenvalue weighted by Crippen LogP contribution is 2.24. The maximum atomic E-state index is 13.2. The quantitative estimate of drug-likeness (QED) is 0.691. The van der Waals surface area contributed by atoms with E-state index in [0.717, 1.165) is 16.7 Å². The lowest BCUT2D eigenvalue weighted by atomic mass is 9.95. The molecule has 1 atom stereocenters. The van der Waals surface area contributed by atoms with E-state index in [9.17, 15) is 9.59 Å². The summed E-state index contributed by atoms with van der Waals surface area (Å²) in [5, 5.41) is 2.96. The fourth-order valence-corrected chi connectivity index (χ4v) is 4.02. The highest BCUT2D eigenvalue weighted by atomic mass is 16.5. The van der Waals surface area contributed by atoms with Crippen molar-refractivity contribution in [3.05, 3.63) is 90.0 Å². The van der Waals surface area contributed by atoms with E-state index in [2.05, 4.69) is 29.6 Å². The van der Waals surface area contributed by atoms with Crippen LogP contribution in [0.2, 0.25) is 0 Å². The molecule has 1 heterocycles. The summed E-state index contributed by atoms with van der Waals surface area (Å²) in [6.07, 6.45) is 0.572. The number of nitrogens with one attached hydrogen (secondary N) is 1. The van der Waals surface area contributed by atoms with Crippen molar-refractivity contribution in [1.29, 1.82) is 0 Å². The topological polar surface area (TPSA) is 58.6 Å². The Kier molecular flexibility index (Phi) is 6.32. The van der Waals surface area contributed by atoms with Crippen molar-refractivity contribution in [2.45, 2.75) is 6.42 Å². The fourth-order valence-electron chi connectivity index (χ4n) is 4.02. The minimum atomic E-state index is -0.313. The number of rotatable bonds is 5. The predicted octanol–water partition coefficient (Wildman–Crippen LogP) is 3.79. The van der Waals surface area contributed by atoms with E-state index in [1.807, 2.05) is 42.5 Å². The molecule has 3 aromatic rings. The van der Waals surface area contributed by atoms with Crippen LogP contribution in [0.5, 0.6) is 5.75 Å². The van der Waals surface area contributed by atoms with Crippen LogP contribution in [-0.4, -0.2) is 43.5 Å². The lowest BCUT2D eigenvalue weighted by Gasteiger charge is -2.24. The van der Waals surface area contributed by atoms with Gasteiger partial charge in [-0.25, -0.2) is 0 Å². The molecule has 4 rings (SSSR count). The third kappa shape index (κ3) is 4.77. The monoisotopic (exact) mass is 414 g/mol. The maximum absolute atomic E-state index is 13.2. The van der Waals surface area contributed by atoms with E-state index < -0.39 is 0 Å². The zero-order valence-electron chi connectivity index (χ0n) is 17.6. The molecule has 158 valence electrons. The van der Waals surface area contributed by atoms with Gasteiger partial charge >= 0.3 is 0 Å². The van der Waals surface area contributed by atoms with Crippen molar-refractivity contribution in [3.63, 3.8) is 0 Å². The molecule has 1 aliphatic rings. The lowest BCUT2D eigenvalue weighted by molar-refractivity contribution is -0.124. The van der Waals surface area contributed by atoms with E-state index in [0.29, 0.717) is 37.4 Å². The highest BCUT2D eigenvalue weighted by molar-refractivity contribution is 5.97. The average Bonchev–Trinajstić information content (AvgIpc) is 3.00. The van der Waals surface area contributed by atoms with E-state index in [1.165, 1.54) is 0 Å². The second kappa shape index (κ2) is 9.47. The number of carbonyl (C=O) groups is 2. The maximum Gasteiger partial charge on any atom is 0.257 e. The number of carbonyl (C=O) groups excluding carboxylic acids is 2. The van der Waals surface area contributed by atoms with Crippen molar-refractivity contribution in [2.75, 3.05) is 26.7 Å². The van der Waals surface area contributed by atoms with Gasteiger partial charge in [-0.1, -0.05) is 66.7 Å². The molecular weight excluding hydrogens is 388 g/mol. The summed E-state index contributed by atoms with van der Waals surface area (Å²) in [6, 6.07) is 25.6. The molecule has 1 N–H and O–H groups in total. The Labute approximate surface area is 182 Å². The minimum absolute atomic E-state index is 0.0135. The van der Waals surface area contributed by atoms with Crippen LogP contribution >= 0.6 is 0 Å². The van der Waals surface area contributed by atoms with E-state index >= 15 is 0 Å². The molecule has 31 heavy (non-hydrogen) atoms. The van der Waals surface area contributed by atoms with Crippen molar-refractivity contribution < 1.29 is 14.3 Å².